The molecule has 1 spiro atoms. The van der Waals surface area contributed by atoms with Gasteiger partial charge >= 0.3 is 5.97 Å². The van der Waals surface area contributed by atoms with Crippen molar-refractivity contribution in [3.8, 4) is 0 Å². The summed E-state index contributed by atoms with van der Waals surface area (Å²) in [6.45, 7) is 6.52. The van der Waals surface area contributed by atoms with Gasteiger partial charge in [-0.15, -0.1) is 0 Å². The van der Waals surface area contributed by atoms with Crippen LogP contribution in [-0.2, 0) is 33.2 Å². The Labute approximate surface area is 324 Å². The highest BCUT2D eigenvalue weighted by Crippen LogP contribution is 2.73. The van der Waals surface area contributed by atoms with E-state index in [4.69, 9.17) is 28.4 Å². The van der Waals surface area contributed by atoms with E-state index in [1.54, 1.807) is 0 Å². The van der Waals surface area contributed by atoms with Gasteiger partial charge in [0.1, 0.15) is 73.2 Å². The van der Waals surface area contributed by atoms with Crippen LogP contribution in [-0.4, -0.2) is 180 Å². The van der Waals surface area contributed by atoms with E-state index in [0.29, 0.717) is 44.9 Å². The zero-order valence-electron chi connectivity index (χ0n) is 31.8. The minimum Gasteiger partial charge on any atom is -0.432 e. The van der Waals surface area contributed by atoms with Gasteiger partial charge in [-0.25, -0.2) is 0 Å². The van der Waals surface area contributed by atoms with E-state index < -0.39 is 129 Å². The minimum absolute atomic E-state index is 0.121. The molecule has 3 heterocycles. The van der Waals surface area contributed by atoms with Crippen molar-refractivity contribution in [2.75, 3.05) is 19.8 Å². The molecule has 0 aromatic rings. The van der Waals surface area contributed by atoms with E-state index in [2.05, 4.69) is 13.5 Å². The Morgan fingerprint density at radius 1 is 0.679 bits per heavy atom. The van der Waals surface area contributed by atoms with Crippen molar-refractivity contribution in [3.05, 3.63) is 12.2 Å². The summed E-state index contributed by atoms with van der Waals surface area (Å²) >= 11 is 0. The van der Waals surface area contributed by atoms with Crippen LogP contribution in [0.5, 0.6) is 0 Å². The average Bonchev–Trinajstić information content (AvgIpc) is 3.37. The fourth-order valence-electron chi connectivity index (χ4n) is 12.0. The summed E-state index contributed by atoms with van der Waals surface area (Å²) in [6, 6.07) is 0. The van der Waals surface area contributed by atoms with Crippen LogP contribution in [0.25, 0.3) is 0 Å². The van der Waals surface area contributed by atoms with Gasteiger partial charge in [0.25, 0.3) is 0 Å². The molecule has 4 aliphatic carbocycles. The Kier molecular flexibility index (Phi) is 11.9. The van der Waals surface area contributed by atoms with Crippen LogP contribution < -0.4 is 0 Å². The number of carbonyl (C=O) groups is 1. The number of esters is 1. The van der Waals surface area contributed by atoms with E-state index in [0.717, 1.165) is 18.4 Å². The van der Waals surface area contributed by atoms with E-state index in [9.17, 15) is 61.0 Å². The lowest BCUT2D eigenvalue weighted by Gasteiger charge is -2.64. The molecule has 18 heteroatoms. The van der Waals surface area contributed by atoms with Gasteiger partial charge in [-0.05, 0) is 86.5 Å². The maximum atomic E-state index is 14.1. The zero-order valence-corrected chi connectivity index (χ0v) is 31.8. The normalized spacial score (nSPS) is 54.6. The summed E-state index contributed by atoms with van der Waals surface area (Å²) < 4.78 is 35.6. The third-order valence-corrected chi connectivity index (χ3v) is 15.0. The number of hydrogen-bond acceptors (Lipinski definition) is 18. The molecule has 21 atom stereocenters. The van der Waals surface area contributed by atoms with Gasteiger partial charge in [0.2, 0.25) is 6.29 Å². The van der Waals surface area contributed by atoms with Gasteiger partial charge < -0.3 is 84.6 Å². The number of carbonyl (C=O) groups excluding carboxylic acids is 1. The molecule has 7 fully saturated rings. The molecule has 56 heavy (non-hydrogen) atoms. The van der Waals surface area contributed by atoms with Gasteiger partial charge in [-0.3, -0.25) is 4.79 Å². The topological polar surface area (TPSA) is 295 Å². The lowest BCUT2D eigenvalue weighted by Crippen LogP contribution is -2.65. The Morgan fingerprint density at radius 3 is 1.82 bits per heavy atom. The largest absolute Gasteiger partial charge is 0.432 e. The SMILES string of the molecule is C=C1C[C@@]23CC[C@H]4[C@@](C)(CCC[C@@]4(C)C(=O)O[C@@H]4OC(CO)[C@@H](O)[C@H](O)C4O)[C@@H]2CC[C@]1(OC1O[C@H](CO)C(O)C(O)[C@H]1O[C@@H]1O[C@@H](CO)[C@@H](O)C(O)C1O)C3. The predicted octanol–water partition coefficient (Wildman–Crippen LogP) is -2.94. The Bertz CT molecular complexity index is 1450. The molecule has 0 aromatic heterocycles. The maximum absolute atomic E-state index is 14.1. The van der Waals surface area contributed by atoms with Crippen molar-refractivity contribution < 1.29 is 89.4 Å². The maximum Gasteiger partial charge on any atom is 0.314 e. The Balaban J connectivity index is 1.10. The number of hydrogen-bond donors (Lipinski definition) is 11. The number of aliphatic hydroxyl groups is 11. The van der Waals surface area contributed by atoms with E-state index >= 15 is 0 Å². The molecule has 2 bridgehead atoms. The molecule has 7 aliphatic rings. The highest BCUT2D eigenvalue weighted by atomic mass is 16.8. The summed E-state index contributed by atoms with van der Waals surface area (Å²) in [5, 5.41) is 114. The van der Waals surface area contributed by atoms with Crippen LogP contribution in [0.3, 0.4) is 0 Å². The molecule has 0 aromatic carbocycles. The fraction of sp³-hybridized carbons (Fsp3) is 0.921. The van der Waals surface area contributed by atoms with Gasteiger partial charge in [0, 0.05) is 0 Å². The molecular weight excluding hydrogens is 744 g/mol. The summed E-state index contributed by atoms with van der Waals surface area (Å²) in [5.74, 6) is -0.591. The first-order valence-corrected chi connectivity index (χ1v) is 19.9. The highest BCUT2D eigenvalue weighted by Gasteiger charge is 2.69. The van der Waals surface area contributed by atoms with E-state index in [1.165, 1.54) is 0 Å². The van der Waals surface area contributed by atoms with Crippen LogP contribution >= 0.6 is 0 Å². The molecule has 18 nitrogen and oxygen atoms in total. The molecule has 0 radical (unpaired) electrons. The molecule has 320 valence electrons. The minimum atomic E-state index is -1.81. The predicted molar refractivity (Wildman–Crippen MR) is 186 cm³/mol. The zero-order chi connectivity index (χ0) is 40.7. The number of ether oxygens (including phenoxy) is 6. The van der Waals surface area contributed by atoms with Crippen molar-refractivity contribution in [2.24, 2.45) is 28.1 Å². The summed E-state index contributed by atoms with van der Waals surface area (Å²) in [4.78, 5) is 14.1. The fourth-order valence-corrected chi connectivity index (χ4v) is 12.0. The first-order chi connectivity index (χ1) is 26.4. The third-order valence-electron chi connectivity index (χ3n) is 15.0. The quantitative estimate of drug-likeness (QED) is 0.0631. The Hall–Kier alpha value is -1.43. The third kappa shape index (κ3) is 6.69. The van der Waals surface area contributed by atoms with Gasteiger partial charge in [-0.2, -0.15) is 0 Å². The molecule has 3 aliphatic heterocycles. The standard InChI is InChI=1S/C38H60O18/c1-16-11-37-9-5-20-35(2,7-4-8-36(20,3)34(50)55-32-29(49)26(46)23(43)18(13-40)52-32)21(37)6-10-38(16,15-37)56-33-30(27(47)24(44)19(14-41)53-33)54-31-28(48)25(45)22(42)17(12-39)51-31/h17-33,39-49H,1,4-15H2,2-3H3/t17-,18?,19+,20-,21-,22+,23+,24?,25?,26-,27?,28?,29?,30+,31-,32-,33?,35+,36+,37+,38-/m0/s1. The van der Waals surface area contributed by atoms with Crippen molar-refractivity contribution >= 4 is 5.97 Å². The smallest absolute Gasteiger partial charge is 0.314 e. The monoisotopic (exact) mass is 804 g/mol. The molecule has 4 saturated carbocycles. The van der Waals surface area contributed by atoms with Crippen LogP contribution in [0.4, 0.5) is 0 Å². The first-order valence-electron chi connectivity index (χ1n) is 19.9. The van der Waals surface area contributed by atoms with Crippen molar-refractivity contribution in [2.45, 2.75) is 169 Å². The lowest BCUT2D eigenvalue weighted by atomic mass is 9.41. The van der Waals surface area contributed by atoms with Gasteiger partial charge in [0.15, 0.2) is 12.6 Å². The van der Waals surface area contributed by atoms with E-state index in [-0.39, 0.29) is 22.7 Å². The molecular formula is C38H60O18. The van der Waals surface area contributed by atoms with Crippen LogP contribution in [0.15, 0.2) is 12.2 Å². The number of fused-ring (bicyclic) bond motifs is 3. The number of rotatable bonds is 9. The average molecular weight is 805 g/mol. The lowest BCUT2D eigenvalue weighted by molar-refractivity contribution is -0.378. The van der Waals surface area contributed by atoms with Crippen molar-refractivity contribution in [3.63, 3.8) is 0 Å². The highest BCUT2D eigenvalue weighted by molar-refractivity contribution is 5.77. The second-order valence-corrected chi connectivity index (χ2v) is 18.0. The summed E-state index contributed by atoms with van der Waals surface area (Å²) in [5.41, 5.74) is -1.80. The molecule has 7 rings (SSSR count). The number of aliphatic hydroxyl groups excluding tert-OH is 11. The summed E-state index contributed by atoms with van der Waals surface area (Å²) in [7, 11) is 0. The second kappa shape index (κ2) is 15.6. The first kappa shape index (κ1) is 42.7. The Morgan fingerprint density at radius 2 is 1.21 bits per heavy atom. The van der Waals surface area contributed by atoms with Gasteiger partial charge in [0.05, 0.1) is 30.8 Å². The van der Waals surface area contributed by atoms with Crippen LogP contribution in [0, 0.1) is 28.1 Å². The van der Waals surface area contributed by atoms with Crippen molar-refractivity contribution in [1.82, 2.24) is 0 Å². The molecule has 11 N–H and O–H groups in total. The molecule has 7 unspecified atom stereocenters. The summed E-state index contributed by atoms with van der Waals surface area (Å²) in [6.07, 6.45) is -17.8. The van der Waals surface area contributed by atoms with Crippen LogP contribution in [0.1, 0.15) is 71.6 Å². The molecule has 3 saturated heterocycles. The van der Waals surface area contributed by atoms with Gasteiger partial charge in [-0.1, -0.05) is 19.9 Å². The van der Waals surface area contributed by atoms with Crippen LogP contribution in [0.2, 0.25) is 0 Å². The second-order valence-electron chi connectivity index (χ2n) is 18.0. The van der Waals surface area contributed by atoms with E-state index in [1.807, 2.05) is 6.92 Å². The molecule has 0 amide bonds. The van der Waals surface area contributed by atoms with Crippen molar-refractivity contribution in [1.29, 1.82) is 0 Å².